The fourth-order valence-corrected chi connectivity index (χ4v) is 3.57. The minimum Gasteiger partial charge on any atom is -0.361 e. The first kappa shape index (κ1) is 16.5. The van der Waals surface area contributed by atoms with E-state index in [1.807, 2.05) is 13.0 Å². The number of piperazine rings is 1. The third kappa shape index (κ3) is 4.12. The van der Waals surface area contributed by atoms with E-state index in [-0.39, 0.29) is 6.04 Å². The zero-order valence-corrected chi connectivity index (χ0v) is 14.3. The second-order valence-corrected chi connectivity index (χ2v) is 6.80. The maximum atomic E-state index is 12.6. The van der Waals surface area contributed by atoms with Crippen LogP contribution in [-0.2, 0) is 11.3 Å². The highest BCUT2D eigenvalue weighted by atomic mass is 16.5. The van der Waals surface area contributed by atoms with Gasteiger partial charge in [-0.25, -0.2) is 0 Å². The van der Waals surface area contributed by atoms with Gasteiger partial charge in [-0.1, -0.05) is 5.16 Å². The van der Waals surface area contributed by atoms with Crippen molar-refractivity contribution in [3.8, 4) is 0 Å². The van der Waals surface area contributed by atoms with E-state index in [0.29, 0.717) is 5.91 Å². The van der Waals surface area contributed by atoms with Crippen molar-refractivity contribution in [2.75, 3.05) is 39.3 Å². The van der Waals surface area contributed by atoms with E-state index in [0.717, 1.165) is 70.1 Å². The van der Waals surface area contributed by atoms with Crippen LogP contribution < -0.4 is 0 Å². The molecule has 1 amide bonds. The van der Waals surface area contributed by atoms with Gasteiger partial charge in [-0.3, -0.25) is 14.6 Å². The molecule has 0 N–H and O–H groups in total. The Hall–Kier alpha value is -1.40. The molecule has 128 valence electrons. The summed E-state index contributed by atoms with van der Waals surface area (Å²) in [6, 6.07) is 2.00. The highest BCUT2D eigenvalue weighted by Gasteiger charge is 2.29. The zero-order valence-electron chi connectivity index (χ0n) is 14.3. The first-order chi connectivity index (χ1) is 11.1. The second kappa shape index (κ2) is 7.45. The molecule has 2 aliphatic heterocycles. The van der Waals surface area contributed by atoms with Gasteiger partial charge in [-0.05, 0) is 33.1 Å². The molecule has 0 spiro atoms. The summed E-state index contributed by atoms with van der Waals surface area (Å²) in [5.41, 5.74) is 0.994. The van der Waals surface area contributed by atoms with Crippen LogP contribution >= 0.6 is 0 Å². The Morgan fingerprint density at radius 1 is 1.17 bits per heavy atom. The van der Waals surface area contributed by atoms with E-state index in [4.69, 9.17) is 4.52 Å². The molecular formula is C17H28N4O2. The van der Waals surface area contributed by atoms with E-state index in [1.54, 1.807) is 0 Å². The molecule has 6 heteroatoms. The van der Waals surface area contributed by atoms with Crippen molar-refractivity contribution in [1.29, 1.82) is 0 Å². The molecule has 3 rings (SSSR count). The third-order valence-corrected chi connectivity index (χ3v) is 5.04. The minimum absolute atomic E-state index is 0.00421. The average molecular weight is 320 g/mol. The summed E-state index contributed by atoms with van der Waals surface area (Å²) in [7, 11) is 0. The van der Waals surface area contributed by atoms with Crippen LogP contribution in [0.5, 0.6) is 0 Å². The molecular weight excluding hydrogens is 292 g/mol. The molecule has 0 bridgehead atoms. The average Bonchev–Trinajstić information content (AvgIpc) is 3.00. The molecule has 1 atom stereocenters. The Labute approximate surface area is 138 Å². The van der Waals surface area contributed by atoms with E-state index in [1.165, 1.54) is 6.42 Å². The molecule has 0 aliphatic carbocycles. The van der Waals surface area contributed by atoms with Gasteiger partial charge in [-0.2, -0.15) is 0 Å². The highest BCUT2D eigenvalue weighted by molar-refractivity contribution is 5.81. The number of aromatic nitrogens is 1. The summed E-state index contributed by atoms with van der Waals surface area (Å²) in [5.74, 6) is 1.17. The van der Waals surface area contributed by atoms with Crippen LogP contribution in [-0.4, -0.2) is 71.1 Å². The molecule has 1 aromatic heterocycles. The van der Waals surface area contributed by atoms with Gasteiger partial charge < -0.3 is 9.42 Å². The van der Waals surface area contributed by atoms with Crippen molar-refractivity contribution in [2.24, 2.45) is 0 Å². The molecule has 2 saturated heterocycles. The molecule has 0 radical (unpaired) electrons. The van der Waals surface area contributed by atoms with Gasteiger partial charge >= 0.3 is 0 Å². The third-order valence-electron chi connectivity index (χ3n) is 5.04. The smallest absolute Gasteiger partial charge is 0.239 e. The summed E-state index contributed by atoms with van der Waals surface area (Å²) < 4.78 is 5.13. The van der Waals surface area contributed by atoms with Crippen molar-refractivity contribution in [1.82, 2.24) is 19.9 Å². The van der Waals surface area contributed by atoms with E-state index in [9.17, 15) is 4.79 Å². The molecule has 1 aromatic rings. The number of carbonyl (C=O) groups excluding carboxylic acids is 1. The van der Waals surface area contributed by atoms with Gasteiger partial charge in [0.25, 0.3) is 0 Å². The molecule has 23 heavy (non-hydrogen) atoms. The summed E-state index contributed by atoms with van der Waals surface area (Å²) in [6.07, 6.45) is 3.57. The van der Waals surface area contributed by atoms with Gasteiger partial charge in [0.15, 0.2) is 0 Å². The molecule has 6 nitrogen and oxygen atoms in total. The van der Waals surface area contributed by atoms with Crippen LogP contribution in [0, 0.1) is 6.92 Å². The molecule has 2 aliphatic rings. The van der Waals surface area contributed by atoms with Crippen molar-refractivity contribution in [3.63, 3.8) is 0 Å². The Bertz CT molecular complexity index is 516. The maximum Gasteiger partial charge on any atom is 0.239 e. The number of aryl methyl sites for hydroxylation is 1. The summed E-state index contributed by atoms with van der Waals surface area (Å²) in [5, 5.41) is 4.06. The predicted octanol–water partition coefficient (Wildman–Crippen LogP) is 1.50. The number of hydrogen-bond donors (Lipinski definition) is 0. The maximum absolute atomic E-state index is 12.6. The van der Waals surface area contributed by atoms with Gasteiger partial charge in [0.05, 0.1) is 11.7 Å². The highest BCUT2D eigenvalue weighted by Crippen LogP contribution is 2.15. The van der Waals surface area contributed by atoms with Crippen molar-refractivity contribution < 1.29 is 9.32 Å². The van der Waals surface area contributed by atoms with Crippen LogP contribution in [0.4, 0.5) is 0 Å². The quantitative estimate of drug-likeness (QED) is 0.841. The molecule has 0 aromatic carbocycles. The number of amides is 1. The fourth-order valence-electron chi connectivity index (χ4n) is 3.57. The van der Waals surface area contributed by atoms with E-state index < -0.39 is 0 Å². The Balaban J connectivity index is 1.46. The molecule has 0 saturated carbocycles. The van der Waals surface area contributed by atoms with Gasteiger partial charge in [0, 0.05) is 51.9 Å². The minimum atomic E-state index is 0.00421. The van der Waals surface area contributed by atoms with Gasteiger partial charge in [0.1, 0.15) is 5.76 Å². The first-order valence-corrected chi connectivity index (χ1v) is 8.81. The summed E-state index contributed by atoms with van der Waals surface area (Å²) >= 11 is 0. The van der Waals surface area contributed by atoms with Crippen molar-refractivity contribution in [2.45, 2.75) is 45.7 Å². The second-order valence-electron chi connectivity index (χ2n) is 6.80. The fraction of sp³-hybridized carbons (Fsp3) is 0.765. The number of nitrogens with zero attached hydrogens (tertiary/aromatic N) is 4. The monoisotopic (exact) mass is 320 g/mol. The van der Waals surface area contributed by atoms with Gasteiger partial charge in [-0.15, -0.1) is 0 Å². The number of likely N-dealkylation sites (tertiary alicyclic amines) is 1. The van der Waals surface area contributed by atoms with Crippen LogP contribution in [0.15, 0.2) is 10.6 Å². The first-order valence-electron chi connectivity index (χ1n) is 8.81. The number of carbonyl (C=O) groups is 1. The van der Waals surface area contributed by atoms with Crippen LogP contribution in [0.25, 0.3) is 0 Å². The van der Waals surface area contributed by atoms with Crippen LogP contribution in [0.1, 0.15) is 37.6 Å². The number of hydrogen-bond acceptors (Lipinski definition) is 5. The number of rotatable bonds is 4. The zero-order chi connectivity index (χ0) is 16.2. The lowest BCUT2D eigenvalue weighted by atomic mass is 10.1. The molecule has 3 heterocycles. The normalized spacial score (nSPS) is 22.3. The summed E-state index contributed by atoms with van der Waals surface area (Å²) in [6.45, 7) is 10.5. The topological polar surface area (TPSA) is 52.8 Å². The molecule has 2 fully saturated rings. The Kier molecular flexibility index (Phi) is 5.33. The number of piperidine rings is 1. The van der Waals surface area contributed by atoms with Crippen molar-refractivity contribution in [3.05, 3.63) is 17.5 Å². The summed E-state index contributed by atoms with van der Waals surface area (Å²) in [4.78, 5) is 19.4. The van der Waals surface area contributed by atoms with E-state index >= 15 is 0 Å². The lowest BCUT2D eigenvalue weighted by molar-refractivity contribution is -0.138. The van der Waals surface area contributed by atoms with Crippen molar-refractivity contribution >= 4 is 5.91 Å². The standard InChI is InChI=1S/C17H28N4O2/c1-14-12-16(18-23-14)13-19-8-10-20(11-9-19)15(2)17(22)21-6-4-3-5-7-21/h12,15H,3-11,13H2,1-2H3. The van der Waals surface area contributed by atoms with Crippen LogP contribution in [0.3, 0.4) is 0 Å². The Morgan fingerprint density at radius 3 is 2.48 bits per heavy atom. The van der Waals surface area contributed by atoms with Gasteiger partial charge in [0.2, 0.25) is 5.91 Å². The predicted molar refractivity (Wildman–Crippen MR) is 88.0 cm³/mol. The lowest BCUT2D eigenvalue weighted by Gasteiger charge is -2.39. The van der Waals surface area contributed by atoms with Crippen LogP contribution in [0.2, 0.25) is 0 Å². The Morgan fingerprint density at radius 2 is 1.87 bits per heavy atom. The molecule has 1 unspecified atom stereocenters. The largest absolute Gasteiger partial charge is 0.361 e. The van der Waals surface area contributed by atoms with E-state index in [2.05, 4.69) is 26.8 Å². The lowest BCUT2D eigenvalue weighted by Crippen LogP contribution is -2.54. The SMILES string of the molecule is Cc1cc(CN2CCN(C(C)C(=O)N3CCCCC3)CC2)no1.